The van der Waals surface area contributed by atoms with E-state index in [2.05, 4.69) is 0 Å². The molecule has 0 aliphatic carbocycles. The number of ether oxygens (including phenoxy) is 5. The van der Waals surface area contributed by atoms with E-state index in [0.717, 1.165) is 11.1 Å². The molecule has 0 amide bonds. The van der Waals surface area contributed by atoms with Crippen LogP contribution in [0.15, 0.2) is 66.7 Å². The molecule has 7 heteroatoms. The van der Waals surface area contributed by atoms with Crippen LogP contribution in [0.3, 0.4) is 0 Å². The van der Waals surface area contributed by atoms with Crippen molar-refractivity contribution in [3.05, 3.63) is 83.4 Å². The molecule has 1 fully saturated rings. The van der Waals surface area contributed by atoms with Gasteiger partial charge in [0, 0.05) is 0 Å². The van der Waals surface area contributed by atoms with Crippen LogP contribution >= 0.6 is 0 Å². The molecule has 7 nitrogen and oxygen atoms in total. The Balaban J connectivity index is 1.54. The summed E-state index contributed by atoms with van der Waals surface area (Å²) in [5.74, 6) is 1.12. The van der Waals surface area contributed by atoms with Crippen molar-refractivity contribution in [1.29, 1.82) is 0 Å². The average molecular weight is 432 g/mol. The second-order valence-corrected chi connectivity index (χ2v) is 8.11. The molecule has 3 aromatic rings. The molecule has 6 rings (SSSR count). The van der Waals surface area contributed by atoms with Crippen LogP contribution in [0.5, 0.6) is 23.0 Å². The quantitative estimate of drug-likeness (QED) is 0.634. The molecule has 0 spiro atoms. The number of carbonyl (C=O) groups excluding carboxylic acids is 1. The summed E-state index contributed by atoms with van der Waals surface area (Å²) in [7, 11) is 0. The molecule has 3 aliphatic heterocycles. The van der Waals surface area contributed by atoms with E-state index in [-0.39, 0.29) is 13.6 Å². The molecule has 3 aliphatic rings. The first-order valence-electron chi connectivity index (χ1n) is 10.4. The Bertz CT molecular complexity index is 1190. The third kappa shape index (κ3) is 2.81. The van der Waals surface area contributed by atoms with E-state index < -0.39 is 23.6 Å². The monoisotopic (exact) mass is 432 g/mol. The van der Waals surface area contributed by atoms with Crippen molar-refractivity contribution in [3.8, 4) is 23.0 Å². The van der Waals surface area contributed by atoms with Gasteiger partial charge in [-0.3, -0.25) is 4.79 Å². The first-order valence-corrected chi connectivity index (χ1v) is 10.4. The summed E-state index contributed by atoms with van der Waals surface area (Å²) in [6, 6.07) is 20.6. The number of carbonyl (C=O) groups is 1. The van der Waals surface area contributed by atoms with Crippen LogP contribution in [0.4, 0.5) is 0 Å². The highest BCUT2D eigenvalue weighted by Gasteiger charge is 2.59. The normalized spacial score (nSPS) is 25.1. The van der Waals surface area contributed by atoms with E-state index in [9.17, 15) is 9.90 Å². The number of esters is 1. The number of hydrogen-bond acceptors (Lipinski definition) is 7. The van der Waals surface area contributed by atoms with Crippen LogP contribution in [0.1, 0.15) is 22.6 Å². The van der Waals surface area contributed by atoms with Gasteiger partial charge in [0.2, 0.25) is 19.9 Å². The molecular formula is C25H20O7. The molecule has 3 atom stereocenters. The van der Waals surface area contributed by atoms with Crippen molar-refractivity contribution in [2.45, 2.75) is 24.0 Å². The predicted octanol–water partition coefficient (Wildman–Crippen LogP) is 3.28. The van der Waals surface area contributed by atoms with Crippen molar-refractivity contribution in [3.63, 3.8) is 0 Å². The van der Waals surface area contributed by atoms with Crippen LogP contribution in [-0.4, -0.2) is 31.0 Å². The summed E-state index contributed by atoms with van der Waals surface area (Å²) >= 11 is 0. The molecule has 0 saturated carbocycles. The maximum Gasteiger partial charge on any atom is 0.316 e. The number of aliphatic hydroxyl groups excluding tert-OH is 1. The van der Waals surface area contributed by atoms with Crippen LogP contribution in [0, 0.1) is 0 Å². The second-order valence-electron chi connectivity index (χ2n) is 8.11. The summed E-state index contributed by atoms with van der Waals surface area (Å²) in [6.07, 6.45) is -0.981. The third-order valence-corrected chi connectivity index (χ3v) is 6.40. The van der Waals surface area contributed by atoms with Crippen molar-refractivity contribution >= 4 is 5.97 Å². The molecule has 32 heavy (non-hydrogen) atoms. The lowest BCUT2D eigenvalue weighted by Crippen LogP contribution is -2.42. The van der Waals surface area contributed by atoms with Gasteiger partial charge in [-0.05, 0) is 47.4 Å². The number of fused-ring (bicyclic) bond motifs is 2. The number of benzene rings is 3. The molecule has 3 heterocycles. The molecular weight excluding hydrogens is 412 g/mol. The lowest BCUT2D eigenvalue weighted by Gasteiger charge is -2.35. The summed E-state index contributed by atoms with van der Waals surface area (Å²) in [4.78, 5) is 13.2. The first kappa shape index (κ1) is 19.0. The van der Waals surface area contributed by atoms with Gasteiger partial charge in [-0.25, -0.2) is 0 Å². The zero-order valence-corrected chi connectivity index (χ0v) is 17.0. The smallest absolute Gasteiger partial charge is 0.316 e. The molecule has 0 radical (unpaired) electrons. The number of rotatable bonds is 4. The fraction of sp³-hybridized carbons (Fsp3) is 0.240. The lowest BCUT2D eigenvalue weighted by molar-refractivity contribution is -0.157. The SMILES string of the molecule is O=C1OC(O)C(Cc2ccccc2)(c2ccc3c(c2)OCO3)C1c1ccc2c(c1)OCO2. The Morgan fingerprint density at radius 1 is 0.812 bits per heavy atom. The van der Waals surface area contributed by atoms with Crippen molar-refractivity contribution in [1.82, 2.24) is 0 Å². The maximum atomic E-state index is 13.2. The molecule has 0 bridgehead atoms. The van der Waals surface area contributed by atoms with E-state index >= 15 is 0 Å². The number of aliphatic hydroxyl groups is 1. The summed E-state index contributed by atoms with van der Waals surface area (Å²) in [6.45, 7) is 0.266. The van der Waals surface area contributed by atoms with Crippen molar-refractivity contribution in [2.75, 3.05) is 13.6 Å². The lowest BCUT2D eigenvalue weighted by atomic mass is 9.65. The van der Waals surface area contributed by atoms with E-state index in [4.69, 9.17) is 23.7 Å². The van der Waals surface area contributed by atoms with Gasteiger partial charge in [-0.2, -0.15) is 0 Å². The predicted molar refractivity (Wildman–Crippen MR) is 112 cm³/mol. The van der Waals surface area contributed by atoms with E-state index in [1.165, 1.54) is 0 Å². The topological polar surface area (TPSA) is 83.5 Å². The summed E-state index contributed by atoms with van der Waals surface area (Å²) in [5.41, 5.74) is 1.29. The zero-order chi connectivity index (χ0) is 21.7. The summed E-state index contributed by atoms with van der Waals surface area (Å²) in [5, 5.41) is 11.2. The number of hydrogen-bond donors (Lipinski definition) is 1. The molecule has 3 aromatic carbocycles. The standard InChI is InChI=1S/C25H20O7/c26-23-22(16-6-8-18-20(10-16)30-13-28-18)25(24(27)32-23,12-15-4-2-1-3-5-15)17-7-9-19-21(11-17)31-14-29-19/h1-11,22,24,27H,12-14H2. The highest BCUT2D eigenvalue weighted by atomic mass is 16.7. The van der Waals surface area contributed by atoms with E-state index in [0.29, 0.717) is 35.0 Å². The Labute approximate surface area is 184 Å². The Kier molecular flexibility index (Phi) is 4.26. The van der Waals surface area contributed by atoms with Gasteiger partial charge in [0.1, 0.15) is 0 Å². The van der Waals surface area contributed by atoms with Gasteiger partial charge < -0.3 is 28.8 Å². The van der Waals surface area contributed by atoms with Gasteiger partial charge in [0.25, 0.3) is 0 Å². The minimum atomic E-state index is -1.36. The van der Waals surface area contributed by atoms with Crippen LogP contribution in [-0.2, 0) is 21.4 Å². The van der Waals surface area contributed by atoms with Crippen molar-refractivity contribution in [2.24, 2.45) is 0 Å². The first-order chi connectivity index (χ1) is 15.6. The van der Waals surface area contributed by atoms with E-state index in [1.54, 1.807) is 18.2 Å². The fourth-order valence-electron chi connectivity index (χ4n) is 4.88. The average Bonchev–Trinajstić information content (AvgIpc) is 3.52. The Morgan fingerprint density at radius 3 is 2.22 bits per heavy atom. The molecule has 3 unspecified atom stereocenters. The highest BCUT2D eigenvalue weighted by molar-refractivity contribution is 5.84. The Hall–Kier alpha value is -3.71. The van der Waals surface area contributed by atoms with Gasteiger partial charge in [0.05, 0.1) is 11.3 Å². The number of cyclic esters (lactones) is 1. The van der Waals surface area contributed by atoms with Gasteiger partial charge in [0.15, 0.2) is 23.0 Å². The molecule has 0 aromatic heterocycles. The van der Waals surface area contributed by atoms with Gasteiger partial charge >= 0.3 is 5.97 Å². The van der Waals surface area contributed by atoms with E-state index in [1.807, 2.05) is 48.5 Å². The summed E-state index contributed by atoms with van der Waals surface area (Å²) < 4.78 is 27.5. The van der Waals surface area contributed by atoms with Gasteiger partial charge in [-0.1, -0.05) is 42.5 Å². The Morgan fingerprint density at radius 2 is 1.47 bits per heavy atom. The van der Waals surface area contributed by atoms with Crippen LogP contribution < -0.4 is 18.9 Å². The largest absolute Gasteiger partial charge is 0.454 e. The third-order valence-electron chi connectivity index (χ3n) is 6.40. The van der Waals surface area contributed by atoms with Gasteiger partial charge in [-0.15, -0.1) is 0 Å². The minimum Gasteiger partial charge on any atom is -0.454 e. The second kappa shape index (κ2) is 7.17. The van der Waals surface area contributed by atoms with Crippen LogP contribution in [0.2, 0.25) is 0 Å². The molecule has 1 saturated heterocycles. The highest BCUT2D eigenvalue weighted by Crippen LogP contribution is 2.53. The van der Waals surface area contributed by atoms with Crippen LogP contribution in [0.25, 0.3) is 0 Å². The fourth-order valence-corrected chi connectivity index (χ4v) is 4.88. The molecule has 162 valence electrons. The van der Waals surface area contributed by atoms with Crippen molar-refractivity contribution < 1.29 is 33.6 Å². The maximum absolute atomic E-state index is 13.2. The minimum absolute atomic E-state index is 0.133. The zero-order valence-electron chi connectivity index (χ0n) is 17.0. The molecule has 1 N–H and O–H groups in total.